The molecule has 3 nitrogen and oxygen atoms in total. The summed E-state index contributed by atoms with van der Waals surface area (Å²) in [5.41, 5.74) is 0.989. The van der Waals surface area contributed by atoms with E-state index in [2.05, 4.69) is 11.2 Å². The molecule has 1 amide bonds. The molecular weight excluding hydrogens is 238 g/mol. The average Bonchev–Trinajstić information content (AvgIpc) is 2.46. The lowest BCUT2D eigenvalue weighted by molar-refractivity contribution is 0.132. The summed E-state index contributed by atoms with van der Waals surface area (Å²) in [5, 5.41) is 2.90. The van der Waals surface area contributed by atoms with E-state index in [-0.39, 0.29) is 18.1 Å². The van der Waals surface area contributed by atoms with Gasteiger partial charge in [0.05, 0.1) is 0 Å². The van der Waals surface area contributed by atoms with Gasteiger partial charge < -0.3 is 10.1 Å². The molecule has 3 heteroatoms. The number of rotatable bonds is 3. The van der Waals surface area contributed by atoms with E-state index < -0.39 is 0 Å². The Kier molecular flexibility index (Phi) is 4.85. The molecule has 0 bridgehead atoms. The minimum Gasteiger partial charge on any atom is -0.445 e. The molecule has 1 aromatic rings. The van der Waals surface area contributed by atoms with Crippen molar-refractivity contribution in [2.24, 2.45) is 5.92 Å². The van der Waals surface area contributed by atoms with Crippen LogP contribution in [0.2, 0.25) is 0 Å². The number of carbonyl (C=O) groups is 1. The Bertz CT molecular complexity index is 450. The standard InChI is InChI=1S/C16H19NO2/c1-2-13-9-6-10-15(11-13)17-16(18)19-12-14-7-4-3-5-8-14/h1,3-5,7-8,13,15H,6,9-12H2,(H,17,18)/t13-,15+/m0/s1. The lowest BCUT2D eigenvalue weighted by Crippen LogP contribution is -2.38. The molecule has 1 aliphatic carbocycles. The van der Waals surface area contributed by atoms with E-state index in [9.17, 15) is 4.79 Å². The number of alkyl carbamates (subject to hydrolysis) is 1. The zero-order valence-electron chi connectivity index (χ0n) is 11.0. The number of terminal acetylenes is 1. The Balaban J connectivity index is 1.74. The summed E-state index contributed by atoms with van der Waals surface area (Å²) in [4.78, 5) is 11.7. The summed E-state index contributed by atoms with van der Waals surface area (Å²) < 4.78 is 5.20. The van der Waals surface area contributed by atoms with Crippen LogP contribution < -0.4 is 5.32 Å². The number of carbonyl (C=O) groups excluding carboxylic acids is 1. The topological polar surface area (TPSA) is 38.3 Å². The van der Waals surface area contributed by atoms with Gasteiger partial charge in [-0.15, -0.1) is 12.3 Å². The molecule has 1 N–H and O–H groups in total. The van der Waals surface area contributed by atoms with E-state index >= 15 is 0 Å². The van der Waals surface area contributed by atoms with Gasteiger partial charge >= 0.3 is 6.09 Å². The number of benzene rings is 1. The summed E-state index contributed by atoms with van der Waals surface area (Å²) in [6, 6.07) is 9.80. The monoisotopic (exact) mass is 257 g/mol. The first-order valence-electron chi connectivity index (χ1n) is 6.71. The minimum absolute atomic E-state index is 0.151. The number of amides is 1. The van der Waals surface area contributed by atoms with Crippen LogP contribution in [-0.2, 0) is 11.3 Å². The van der Waals surface area contributed by atoms with E-state index in [0.717, 1.165) is 31.2 Å². The van der Waals surface area contributed by atoms with Crippen LogP contribution in [0, 0.1) is 18.3 Å². The van der Waals surface area contributed by atoms with Crippen LogP contribution in [0.4, 0.5) is 4.79 Å². The van der Waals surface area contributed by atoms with Gasteiger partial charge in [-0.3, -0.25) is 0 Å². The molecule has 0 aliphatic heterocycles. The smallest absolute Gasteiger partial charge is 0.407 e. The van der Waals surface area contributed by atoms with Crippen LogP contribution in [0.25, 0.3) is 0 Å². The largest absolute Gasteiger partial charge is 0.445 e. The highest BCUT2D eigenvalue weighted by Crippen LogP contribution is 2.23. The molecule has 1 aliphatic rings. The Hall–Kier alpha value is -1.95. The molecule has 100 valence electrons. The normalized spacial score (nSPS) is 22.3. The molecule has 1 fully saturated rings. The number of hydrogen-bond donors (Lipinski definition) is 1. The van der Waals surface area contributed by atoms with Crippen molar-refractivity contribution < 1.29 is 9.53 Å². The third kappa shape index (κ3) is 4.33. The van der Waals surface area contributed by atoms with Crippen molar-refractivity contribution in [1.29, 1.82) is 0 Å². The van der Waals surface area contributed by atoms with Crippen LogP contribution in [-0.4, -0.2) is 12.1 Å². The quantitative estimate of drug-likeness (QED) is 0.845. The van der Waals surface area contributed by atoms with Crippen molar-refractivity contribution in [3.05, 3.63) is 35.9 Å². The SMILES string of the molecule is C#C[C@H]1CCC[C@@H](NC(=O)OCc2ccccc2)C1. The van der Waals surface area contributed by atoms with Crippen molar-refractivity contribution in [3.63, 3.8) is 0 Å². The van der Waals surface area contributed by atoms with Crippen molar-refractivity contribution in [2.45, 2.75) is 38.3 Å². The summed E-state index contributed by atoms with van der Waals surface area (Å²) in [7, 11) is 0. The minimum atomic E-state index is -0.355. The van der Waals surface area contributed by atoms with Gasteiger partial charge in [0.1, 0.15) is 6.61 Å². The first kappa shape index (κ1) is 13.5. The molecule has 2 atom stereocenters. The summed E-state index contributed by atoms with van der Waals surface area (Å²) in [6.45, 7) is 0.304. The van der Waals surface area contributed by atoms with Gasteiger partial charge in [0.2, 0.25) is 0 Å². The van der Waals surface area contributed by atoms with Crippen molar-refractivity contribution in [2.75, 3.05) is 0 Å². The molecule has 19 heavy (non-hydrogen) atoms. The summed E-state index contributed by atoms with van der Waals surface area (Å²) >= 11 is 0. The first-order valence-corrected chi connectivity index (χ1v) is 6.71. The predicted molar refractivity (Wildman–Crippen MR) is 74.3 cm³/mol. The number of ether oxygens (including phenoxy) is 1. The molecule has 2 rings (SSSR count). The molecule has 1 saturated carbocycles. The van der Waals surface area contributed by atoms with E-state index in [1.54, 1.807) is 0 Å². The Morgan fingerprint density at radius 2 is 2.16 bits per heavy atom. The molecule has 1 aromatic carbocycles. The molecular formula is C16H19NO2. The highest BCUT2D eigenvalue weighted by Gasteiger charge is 2.22. The van der Waals surface area contributed by atoms with E-state index in [0.29, 0.717) is 6.61 Å². The average molecular weight is 257 g/mol. The van der Waals surface area contributed by atoms with Crippen LogP contribution in [0.1, 0.15) is 31.2 Å². The molecule has 0 spiro atoms. The number of nitrogens with one attached hydrogen (secondary N) is 1. The Morgan fingerprint density at radius 3 is 2.89 bits per heavy atom. The van der Waals surface area contributed by atoms with Gasteiger partial charge in [0.15, 0.2) is 0 Å². The molecule has 0 saturated heterocycles. The van der Waals surface area contributed by atoms with Gasteiger partial charge in [-0.1, -0.05) is 36.8 Å². The third-order valence-corrected chi connectivity index (χ3v) is 3.44. The number of hydrogen-bond acceptors (Lipinski definition) is 2. The van der Waals surface area contributed by atoms with E-state index in [1.165, 1.54) is 0 Å². The van der Waals surface area contributed by atoms with Gasteiger partial charge in [0, 0.05) is 12.0 Å². The molecule has 0 heterocycles. The van der Waals surface area contributed by atoms with Gasteiger partial charge in [-0.2, -0.15) is 0 Å². The third-order valence-electron chi connectivity index (χ3n) is 3.44. The van der Waals surface area contributed by atoms with E-state index in [4.69, 9.17) is 11.2 Å². The second-order valence-electron chi connectivity index (χ2n) is 4.93. The maximum atomic E-state index is 11.7. The Labute approximate surface area is 114 Å². The maximum Gasteiger partial charge on any atom is 0.407 e. The fourth-order valence-electron chi connectivity index (χ4n) is 2.40. The summed E-state index contributed by atoms with van der Waals surface area (Å²) in [5.74, 6) is 3.06. The first-order chi connectivity index (χ1) is 9.28. The van der Waals surface area contributed by atoms with Crippen LogP contribution >= 0.6 is 0 Å². The highest BCUT2D eigenvalue weighted by molar-refractivity contribution is 5.67. The van der Waals surface area contributed by atoms with Crippen LogP contribution in [0.5, 0.6) is 0 Å². The van der Waals surface area contributed by atoms with Crippen molar-refractivity contribution in [1.82, 2.24) is 5.32 Å². The molecule has 0 radical (unpaired) electrons. The zero-order chi connectivity index (χ0) is 13.5. The van der Waals surface area contributed by atoms with Crippen molar-refractivity contribution in [3.8, 4) is 12.3 Å². The second kappa shape index (κ2) is 6.84. The van der Waals surface area contributed by atoms with Crippen molar-refractivity contribution >= 4 is 6.09 Å². The fraction of sp³-hybridized carbons (Fsp3) is 0.438. The van der Waals surface area contributed by atoms with Crippen LogP contribution in [0.15, 0.2) is 30.3 Å². The zero-order valence-corrected chi connectivity index (χ0v) is 11.0. The van der Waals surface area contributed by atoms with Gasteiger partial charge in [-0.05, 0) is 24.8 Å². The second-order valence-corrected chi connectivity index (χ2v) is 4.93. The van der Waals surface area contributed by atoms with Gasteiger partial charge in [0.25, 0.3) is 0 Å². The molecule has 0 unspecified atom stereocenters. The van der Waals surface area contributed by atoms with E-state index in [1.807, 2.05) is 30.3 Å². The maximum absolute atomic E-state index is 11.7. The van der Waals surface area contributed by atoms with Crippen LogP contribution in [0.3, 0.4) is 0 Å². The lowest BCUT2D eigenvalue weighted by Gasteiger charge is -2.26. The summed E-state index contributed by atoms with van der Waals surface area (Å²) in [6.07, 6.45) is 9.06. The highest BCUT2D eigenvalue weighted by atomic mass is 16.5. The Morgan fingerprint density at radius 1 is 1.37 bits per heavy atom. The van der Waals surface area contributed by atoms with Gasteiger partial charge in [-0.25, -0.2) is 4.79 Å². The predicted octanol–water partition coefficient (Wildman–Crippen LogP) is 3.10. The fourth-order valence-corrected chi connectivity index (χ4v) is 2.40. The lowest BCUT2D eigenvalue weighted by atomic mass is 9.86. The molecule has 0 aromatic heterocycles.